The largest absolute Gasteiger partial charge is 0.481 e. The molecule has 1 aliphatic rings. The average Bonchev–Trinajstić information content (AvgIpc) is 2.38. The van der Waals surface area contributed by atoms with Gasteiger partial charge >= 0.3 is 11.9 Å². The van der Waals surface area contributed by atoms with Crippen LogP contribution in [0.4, 0.5) is 0 Å². The number of rotatable bonds is 3. The summed E-state index contributed by atoms with van der Waals surface area (Å²) < 4.78 is 0. The van der Waals surface area contributed by atoms with Crippen LogP contribution < -0.4 is 0 Å². The van der Waals surface area contributed by atoms with Crippen LogP contribution in [0.2, 0.25) is 5.02 Å². The number of hydrogen-bond acceptors (Lipinski definition) is 3. The molecule has 0 aliphatic heterocycles. The second-order valence-electron chi connectivity index (χ2n) is 5.26. The quantitative estimate of drug-likeness (QED) is 0.837. The van der Waals surface area contributed by atoms with E-state index in [1.807, 2.05) is 0 Å². The highest BCUT2D eigenvalue weighted by Gasteiger charge is 2.51. The van der Waals surface area contributed by atoms with Crippen LogP contribution in [0.15, 0.2) is 30.5 Å². The van der Waals surface area contributed by atoms with Crippen LogP contribution in [-0.2, 0) is 15.0 Å². The summed E-state index contributed by atoms with van der Waals surface area (Å²) in [6.07, 6.45) is 4.72. The molecule has 1 aromatic rings. The minimum atomic E-state index is -1.51. The molecule has 5 nitrogen and oxygen atoms in total. The van der Waals surface area contributed by atoms with Crippen LogP contribution in [-0.4, -0.2) is 27.1 Å². The predicted molar refractivity (Wildman–Crippen MR) is 72.7 cm³/mol. The maximum atomic E-state index is 11.8. The number of halogens is 1. The molecule has 0 spiro atoms. The third-order valence-corrected chi connectivity index (χ3v) is 4.02. The van der Waals surface area contributed by atoms with E-state index in [2.05, 4.69) is 4.98 Å². The first-order chi connectivity index (χ1) is 9.32. The summed E-state index contributed by atoms with van der Waals surface area (Å²) in [5, 5.41) is 19.2. The van der Waals surface area contributed by atoms with E-state index >= 15 is 0 Å². The van der Waals surface area contributed by atoms with E-state index in [-0.39, 0.29) is 23.6 Å². The predicted octanol–water partition coefficient (Wildman–Crippen LogP) is 2.50. The van der Waals surface area contributed by atoms with Crippen molar-refractivity contribution in [1.29, 1.82) is 0 Å². The molecule has 1 aliphatic carbocycles. The first kappa shape index (κ1) is 14.5. The zero-order valence-electron chi connectivity index (χ0n) is 10.8. The van der Waals surface area contributed by atoms with Crippen LogP contribution in [0, 0.1) is 5.41 Å². The van der Waals surface area contributed by atoms with Crippen molar-refractivity contribution in [2.45, 2.75) is 25.2 Å². The van der Waals surface area contributed by atoms with E-state index in [0.29, 0.717) is 0 Å². The van der Waals surface area contributed by atoms with Crippen molar-refractivity contribution in [2.24, 2.45) is 5.41 Å². The highest BCUT2D eigenvalue weighted by Crippen LogP contribution is 2.45. The topological polar surface area (TPSA) is 87.5 Å². The van der Waals surface area contributed by atoms with Crippen LogP contribution in [0.1, 0.15) is 25.5 Å². The summed E-state index contributed by atoms with van der Waals surface area (Å²) in [4.78, 5) is 27.3. The highest BCUT2D eigenvalue weighted by atomic mass is 35.5. The fraction of sp³-hybridized carbons (Fsp3) is 0.357. The van der Waals surface area contributed by atoms with Gasteiger partial charge in [0, 0.05) is 6.20 Å². The molecule has 0 fully saturated rings. The molecule has 0 aromatic carbocycles. The summed E-state index contributed by atoms with van der Waals surface area (Å²) in [7, 11) is 0. The van der Waals surface area contributed by atoms with Gasteiger partial charge in [0.25, 0.3) is 0 Å². The van der Waals surface area contributed by atoms with Gasteiger partial charge in [-0.3, -0.25) is 14.6 Å². The maximum absolute atomic E-state index is 11.8. The molecule has 2 N–H and O–H groups in total. The van der Waals surface area contributed by atoms with Crippen molar-refractivity contribution in [3.63, 3.8) is 0 Å². The molecule has 0 bridgehead atoms. The van der Waals surface area contributed by atoms with E-state index in [1.165, 1.54) is 19.2 Å². The van der Waals surface area contributed by atoms with Gasteiger partial charge in [-0.15, -0.1) is 0 Å². The average molecular weight is 296 g/mol. The Balaban J connectivity index is 2.61. The van der Waals surface area contributed by atoms with Crippen molar-refractivity contribution >= 4 is 23.5 Å². The SMILES string of the molecule is CC1(C(=O)O)CC=C[C@@](C(=O)O)(c2ncccc2Cl)C1. The Morgan fingerprint density at radius 1 is 1.35 bits per heavy atom. The Morgan fingerprint density at radius 2 is 2.05 bits per heavy atom. The Morgan fingerprint density at radius 3 is 2.60 bits per heavy atom. The summed E-state index contributed by atoms with van der Waals surface area (Å²) in [5.74, 6) is -2.18. The normalized spacial score (nSPS) is 29.1. The number of pyridine rings is 1. The van der Waals surface area contributed by atoms with Gasteiger partial charge in [-0.2, -0.15) is 0 Å². The number of carbonyl (C=O) groups is 2. The van der Waals surface area contributed by atoms with Gasteiger partial charge in [-0.1, -0.05) is 23.8 Å². The number of allylic oxidation sites excluding steroid dienone is 1. The molecule has 1 aromatic heterocycles. The second-order valence-corrected chi connectivity index (χ2v) is 5.67. The van der Waals surface area contributed by atoms with Crippen molar-refractivity contribution in [3.8, 4) is 0 Å². The summed E-state index contributed by atoms with van der Waals surface area (Å²) in [5.41, 5.74) is -2.49. The van der Waals surface area contributed by atoms with E-state index < -0.39 is 22.8 Å². The van der Waals surface area contributed by atoms with E-state index in [4.69, 9.17) is 11.6 Å². The molecule has 1 heterocycles. The standard InChI is InChI=1S/C14H14ClNO4/c1-13(11(17)18)5-3-6-14(8-13,12(19)20)10-9(15)4-2-7-16-10/h2-4,6-7H,5,8H2,1H3,(H,17,18)(H,19,20)/t13?,14-/m0/s1. The lowest BCUT2D eigenvalue weighted by atomic mass is 9.65. The second kappa shape index (κ2) is 4.90. The fourth-order valence-electron chi connectivity index (χ4n) is 2.55. The first-order valence-corrected chi connectivity index (χ1v) is 6.45. The summed E-state index contributed by atoms with van der Waals surface area (Å²) in [6, 6.07) is 3.15. The number of hydrogen-bond donors (Lipinski definition) is 2. The molecule has 1 unspecified atom stereocenters. The highest BCUT2D eigenvalue weighted by molar-refractivity contribution is 6.31. The van der Waals surface area contributed by atoms with Gasteiger partial charge in [-0.25, -0.2) is 0 Å². The van der Waals surface area contributed by atoms with Gasteiger partial charge in [0.2, 0.25) is 0 Å². The zero-order valence-corrected chi connectivity index (χ0v) is 11.6. The molecular formula is C14H14ClNO4. The van der Waals surface area contributed by atoms with Gasteiger partial charge in [-0.05, 0) is 31.9 Å². The van der Waals surface area contributed by atoms with Crippen molar-refractivity contribution < 1.29 is 19.8 Å². The molecule has 0 saturated carbocycles. The maximum Gasteiger partial charge on any atom is 0.319 e. The third kappa shape index (κ3) is 2.18. The Hall–Kier alpha value is -1.88. The molecule has 2 rings (SSSR count). The van der Waals surface area contributed by atoms with Gasteiger partial charge < -0.3 is 10.2 Å². The zero-order chi connectivity index (χ0) is 15.0. The van der Waals surface area contributed by atoms with Crippen LogP contribution in [0.3, 0.4) is 0 Å². The minimum Gasteiger partial charge on any atom is -0.481 e. The van der Waals surface area contributed by atoms with Crippen LogP contribution >= 0.6 is 11.6 Å². The lowest BCUT2D eigenvalue weighted by Gasteiger charge is -2.37. The lowest BCUT2D eigenvalue weighted by Crippen LogP contribution is -2.45. The molecule has 0 saturated heterocycles. The monoisotopic (exact) mass is 295 g/mol. The van der Waals surface area contributed by atoms with Crippen LogP contribution in [0.25, 0.3) is 0 Å². The molecule has 20 heavy (non-hydrogen) atoms. The summed E-state index contributed by atoms with van der Waals surface area (Å²) in [6.45, 7) is 1.54. The van der Waals surface area contributed by atoms with Gasteiger partial charge in [0.1, 0.15) is 5.41 Å². The molecule has 0 radical (unpaired) electrons. The van der Waals surface area contributed by atoms with Gasteiger partial charge in [0.05, 0.1) is 16.1 Å². The smallest absolute Gasteiger partial charge is 0.319 e. The minimum absolute atomic E-state index is 0.0854. The molecule has 2 atom stereocenters. The number of aliphatic carboxylic acids is 2. The van der Waals surface area contributed by atoms with Crippen LogP contribution in [0.5, 0.6) is 0 Å². The van der Waals surface area contributed by atoms with E-state index in [1.54, 1.807) is 18.2 Å². The lowest BCUT2D eigenvalue weighted by molar-refractivity contribution is -0.152. The summed E-state index contributed by atoms with van der Waals surface area (Å²) >= 11 is 6.06. The molecule has 106 valence electrons. The van der Waals surface area contributed by atoms with E-state index in [0.717, 1.165) is 0 Å². The Labute approximate surface area is 120 Å². The number of carboxylic acids is 2. The van der Waals surface area contributed by atoms with Gasteiger partial charge in [0.15, 0.2) is 0 Å². The number of nitrogens with zero attached hydrogens (tertiary/aromatic N) is 1. The number of carboxylic acid groups (broad SMARTS) is 2. The first-order valence-electron chi connectivity index (χ1n) is 6.07. The molecule has 0 amide bonds. The fourth-order valence-corrected chi connectivity index (χ4v) is 2.84. The Bertz CT molecular complexity index is 601. The van der Waals surface area contributed by atoms with Crippen molar-refractivity contribution in [3.05, 3.63) is 41.2 Å². The van der Waals surface area contributed by atoms with Crippen molar-refractivity contribution in [2.75, 3.05) is 0 Å². The molecule has 6 heteroatoms. The van der Waals surface area contributed by atoms with E-state index in [9.17, 15) is 19.8 Å². The molecular weight excluding hydrogens is 282 g/mol. The Kier molecular flexibility index (Phi) is 3.56. The number of aromatic nitrogens is 1. The van der Waals surface area contributed by atoms with Crippen molar-refractivity contribution in [1.82, 2.24) is 4.98 Å². The third-order valence-electron chi connectivity index (χ3n) is 3.72.